The van der Waals surface area contributed by atoms with Gasteiger partial charge < -0.3 is 9.84 Å². The predicted octanol–water partition coefficient (Wildman–Crippen LogP) is 0.941. The molecule has 62 valence electrons. The minimum Gasteiger partial charge on any atom is -0.392 e. The van der Waals surface area contributed by atoms with Gasteiger partial charge in [-0.05, 0) is 6.42 Å². The van der Waals surface area contributed by atoms with Crippen LogP contribution in [0.4, 0.5) is 0 Å². The Kier molecular flexibility index (Phi) is 2.92. The third kappa shape index (κ3) is 2.53. The van der Waals surface area contributed by atoms with Gasteiger partial charge in [0.15, 0.2) is 5.60 Å². The maximum absolute atomic E-state index is 8.79. The minimum atomic E-state index is -0.465. The fourth-order valence-electron chi connectivity index (χ4n) is 0.779. The first-order valence-corrected chi connectivity index (χ1v) is 4.08. The van der Waals surface area contributed by atoms with Crippen LogP contribution in [-0.4, -0.2) is 23.9 Å². The summed E-state index contributed by atoms with van der Waals surface area (Å²) in [7, 11) is 0. The standard InChI is InChI=1S/C9H14O2/c1-2-3-4-5-6-9(7-10)8-11-9/h10H,2-4,7-8H2,1H3/t9-/m1/s1. The average Bonchev–Trinajstić information content (AvgIpc) is 2.80. The molecule has 1 fully saturated rings. The minimum absolute atomic E-state index is 0.0339. The lowest BCUT2D eigenvalue weighted by atomic mass is 10.2. The van der Waals surface area contributed by atoms with Crippen molar-refractivity contribution in [2.45, 2.75) is 31.8 Å². The topological polar surface area (TPSA) is 32.8 Å². The summed E-state index contributed by atoms with van der Waals surface area (Å²) in [5, 5.41) is 8.79. The summed E-state index contributed by atoms with van der Waals surface area (Å²) in [4.78, 5) is 0. The molecule has 0 radical (unpaired) electrons. The monoisotopic (exact) mass is 154 g/mol. The lowest BCUT2D eigenvalue weighted by Crippen LogP contribution is -2.12. The fourth-order valence-corrected chi connectivity index (χ4v) is 0.779. The van der Waals surface area contributed by atoms with Crippen LogP contribution in [0.1, 0.15) is 26.2 Å². The lowest BCUT2D eigenvalue weighted by Gasteiger charge is -1.94. The highest BCUT2D eigenvalue weighted by molar-refractivity contribution is 5.20. The molecule has 0 bridgehead atoms. The van der Waals surface area contributed by atoms with Crippen molar-refractivity contribution in [3.05, 3.63) is 0 Å². The summed E-state index contributed by atoms with van der Waals surface area (Å²) in [6, 6.07) is 0. The second-order valence-corrected chi connectivity index (χ2v) is 2.85. The zero-order chi connectivity index (χ0) is 8.16. The van der Waals surface area contributed by atoms with E-state index in [1.807, 2.05) is 0 Å². The number of epoxide rings is 1. The van der Waals surface area contributed by atoms with Gasteiger partial charge in [0.25, 0.3) is 0 Å². The molecule has 0 spiro atoms. The summed E-state index contributed by atoms with van der Waals surface area (Å²) in [6.07, 6.45) is 3.22. The van der Waals surface area contributed by atoms with Crippen LogP contribution >= 0.6 is 0 Å². The van der Waals surface area contributed by atoms with Gasteiger partial charge in [-0.15, -0.1) is 5.92 Å². The van der Waals surface area contributed by atoms with E-state index in [9.17, 15) is 0 Å². The van der Waals surface area contributed by atoms with Crippen LogP contribution in [-0.2, 0) is 4.74 Å². The third-order valence-electron chi connectivity index (χ3n) is 1.72. The van der Waals surface area contributed by atoms with E-state index in [4.69, 9.17) is 9.84 Å². The van der Waals surface area contributed by atoms with E-state index in [1.54, 1.807) is 0 Å². The first kappa shape index (κ1) is 8.58. The zero-order valence-corrected chi connectivity index (χ0v) is 6.89. The Labute approximate surface area is 67.6 Å². The molecule has 1 aliphatic heterocycles. The molecule has 2 heteroatoms. The molecule has 2 nitrogen and oxygen atoms in total. The van der Waals surface area contributed by atoms with Crippen LogP contribution in [0.3, 0.4) is 0 Å². The summed E-state index contributed by atoms with van der Waals surface area (Å²) in [6.45, 7) is 2.77. The largest absolute Gasteiger partial charge is 0.392 e. The van der Waals surface area contributed by atoms with Crippen LogP contribution in [0, 0.1) is 11.8 Å². The lowest BCUT2D eigenvalue weighted by molar-refractivity contribution is 0.209. The first-order valence-electron chi connectivity index (χ1n) is 4.08. The van der Waals surface area contributed by atoms with Crippen LogP contribution in [0.2, 0.25) is 0 Å². The molecule has 1 atom stereocenters. The highest BCUT2D eigenvalue weighted by Crippen LogP contribution is 2.24. The highest BCUT2D eigenvalue weighted by atomic mass is 16.6. The summed E-state index contributed by atoms with van der Waals surface area (Å²) >= 11 is 0. The molecule has 0 aromatic carbocycles. The van der Waals surface area contributed by atoms with E-state index < -0.39 is 5.60 Å². The quantitative estimate of drug-likeness (QED) is 0.373. The number of aliphatic hydroxyl groups excluding tert-OH is 1. The van der Waals surface area contributed by atoms with E-state index >= 15 is 0 Å². The number of hydrogen-bond donors (Lipinski definition) is 1. The molecule has 1 rings (SSSR count). The highest BCUT2D eigenvalue weighted by Gasteiger charge is 2.42. The van der Waals surface area contributed by atoms with Gasteiger partial charge in [0.1, 0.15) is 0 Å². The second-order valence-electron chi connectivity index (χ2n) is 2.85. The second kappa shape index (κ2) is 3.75. The summed E-state index contributed by atoms with van der Waals surface area (Å²) < 4.78 is 5.00. The average molecular weight is 154 g/mol. The Morgan fingerprint density at radius 2 is 2.36 bits per heavy atom. The van der Waals surface area contributed by atoms with Crippen molar-refractivity contribution in [2.75, 3.05) is 13.2 Å². The van der Waals surface area contributed by atoms with Gasteiger partial charge in [0.2, 0.25) is 0 Å². The molecular formula is C9H14O2. The molecule has 0 aromatic heterocycles. The zero-order valence-electron chi connectivity index (χ0n) is 6.89. The third-order valence-corrected chi connectivity index (χ3v) is 1.72. The van der Waals surface area contributed by atoms with Crippen molar-refractivity contribution < 1.29 is 9.84 Å². The number of hydrogen-bond acceptors (Lipinski definition) is 2. The summed E-state index contributed by atoms with van der Waals surface area (Å²) in [5.41, 5.74) is -0.465. The molecule has 0 aromatic rings. The van der Waals surface area contributed by atoms with E-state index in [-0.39, 0.29) is 6.61 Å². The Bertz CT molecular complexity index is 172. The maximum atomic E-state index is 8.79. The van der Waals surface area contributed by atoms with Gasteiger partial charge in [0, 0.05) is 6.42 Å². The van der Waals surface area contributed by atoms with Gasteiger partial charge in [0.05, 0.1) is 13.2 Å². The van der Waals surface area contributed by atoms with E-state index in [0.29, 0.717) is 6.61 Å². The van der Waals surface area contributed by atoms with Crippen molar-refractivity contribution in [3.63, 3.8) is 0 Å². The van der Waals surface area contributed by atoms with Crippen molar-refractivity contribution in [1.82, 2.24) is 0 Å². The first-order chi connectivity index (χ1) is 5.33. The number of ether oxygens (including phenoxy) is 1. The SMILES string of the molecule is CCCCC#C[C@@]1(CO)CO1. The van der Waals surface area contributed by atoms with E-state index in [2.05, 4.69) is 18.8 Å². The normalized spacial score (nSPS) is 27.5. The van der Waals surface area contributed by atoms with Gasteiger partial charge in [-0.1, -0.05) is 19.3 Å². The molecule has 1 aliphatic rings. The molecule has 11 heavy (non-hydrogen) atoms. The van der Waals surface area contributed by atoms with Crippen molar-refractivity contribution >= 4 is 0 Å². The van der Waals surface area contributed by atoms with Crippen molar-refractivity contribution in [1.29, 1.82) is 0 Å². The fraction of sp³-hybridized carbons (Fsp3) is 0.778. The van der Waals surface area contributed by atoms with Crippen LogP contribution < -0.4 is 0 Å². The predicted molar refractivity (Wildman–Crippen MR) is 43.1 cm³/mol. The Morgan fingerprint density at radius 3 is 2.82 bits per heavy atom. The Morgan fingerprint density at radius 1 is 1.64 bits per heavy atom. The molecule has 0 aliphatic carbocycles. The molecule has 0 unspecified atom stereocenters. The smallest absolute Gasteiger partial charge is 0.174 e. The van der Waals surface area contributed by atoms with Crippen molar-refractivity contribution in [2.24, 2.45) is 0 Å². The van der Waals surface area contributed by atoms with Gasteiger partial charge >= 0.3 is 0 Å². The molecule has 1 N–H and O–H groups in total. The maximum Gasteiger partial charge on any atom is 0.174 e. The Hall–Kier alpha value is -0.520. The van der Waals surface area contributed by atoms with Gasteiger partial charge in [-0.3, -0.25) is 0 Å². The van der Waals surface area contributed by atoms with Crippen LogP contribution in [0.25, 0.3) is 0 Å². The number of unbranched alkanes of at least 4 members (excludes halogenated alkanes) is 2. The summed E-state index contributed by atoms with van der Waals surface area (Å²) in [5.74, 6) is 5.94. The van der Waals surface area contributed by atoms with E-state index in [1.165, 1.54) is 6.42 Å². The van der Waals surface area contributed by atoms with Gasteiger partial charge in [-0.25, -0.2) is 0 Å². The van der Waals surface area contributed by atoms with Crippen LogP contribution in [0.5, 0.6) is 0 Å². The van der Waals surface area contributed by atoms with Crippen molar-refractivity contribution in [3.8, 4) is 11.8 Å². The number of rotatable bonds is 3. The molecule has 0 amide bonds. The molecule has 1 heterocycles. The number of aliphatic hydroxyl groups is 1. The Balaban J connectivity index is 2.20. The van der Waals surface area contributed by atoms with Crippen LogP contribution in [0.15, 0.2) is 0 Å². The molecular weight excluding hydrogens is 140 g/mol. The van der Waals surface area contributed by atoms with Gasteiger partial charge in [-0.2, -0.15) is 0 Å². The molecule has 0 saturated carbocycles. The molecule has 1 saturated heterocycles. The van der Waals surface area contributed by atoms with E-state index in [0.717, 1.165) is 12.8 Å².